The van der Waals surface area contributed by atoms with E-state index in [1.807, 2.05) is 30.9 Å². The van der Waals surface area contributed by atoms with Crippen molar-refractivity contribution in [1.29, 1.82) is 0 Å². The van der Waals surface area contributed by atoms with Gasteiger partial charge in [0.1, 0.15) is 18.1 Å². The molecule has 21 heavy (non-hydrogen) atoms. The molecular weight excluding hydrogens is 268 g/mol. The maximum absolute atomic E-state index is 12.2. The van der Waals surface area contributed by atoms with Gasteiger partial charge in [0.05, 0.1) is 5.92 Å². The molecule has 1 saturated heterocycles. The van der Waals surface area contributed by atoms with Gasteiger partial charge in [-0.25, -0.2) is 0 Å². The Morgan fingerprint density at radius 3 is 2.76 bits per heavy atom. The molecule has 5 heteroatoms. The maximum Gasteiger partial charge on any atom is 0.248 e. The van der Waals surface area contributed by atoms with Crippen LogP contribution in [0.25, 0.3) is 0 Å². The average Bonchev–Trinajstić information content (AvgIpc) is 3.04. The van der Waals surface area contributed by atoms with E-state index in [4.69, 9.17) is 9.15 Å². The van der Waals surface area contributed by atoms with Crippen molar-refractivity contribution in [3.8, 4) is 0 Å². The molecule has 0 unspecified atom stereocenters. The smallest absolute Gasteiger partial charge is 0.248 e. The SMILES string of the molecule is CCCOCC(=O)N1C[C@H](c2ccc(C)o2)[C@@H](N(C)C)C1. The third kappa shape index (κ3) is 3.86. The fourth-order valence-electron chi connectivity index (χ4n) is 2.84. The van der Waals surface area contributed by atoms with Crippen molar-refractivity contribution in [2.24, 2.45) is 0 Å². The number of hydrogen-bond acceptors (Lipinski definition) is 4. The predicted octanol–water partition coefficient (Wildman–Crippen LogP) is 1.87. The molecule has 0 bridgehead atoms. The monoisotopic (exact) mass is 294 g/mol. The van der Waals surface area contributed by atoms with Gasteiger partial charge in [0.2, 0.25) is 5.91 Å². The minimum absolute atomic E-state index is 0.0704. The highest BCUT2D eigenvalue weighted by atomic mass is 16.5. The zero-order chi connectivity index (χ0) is 15.4. The lowest BCUT2D eigenvalue weighted by Gasteiger charge is -2.23. The fraction of sp³-hybridized carbons (Fsp3) is 0.688. The number of amides is 1. The van der Waals surface area contributed by atoms with Crippen LogP contribution in [0, 0.1) is 6.92 Å². The van der Waals surface area contributed by atoms with Crippen LogP contribution in [0.2, 0.25) is 0 Å². The van der Waals surface area contributed by atoms with Crippen LogP contribution >= 0.6 is 0 Å². The van der Waals surface area contributed by atoms with Crippen molar-refractivity contribution < 1.29 is 13.9 Å². The van der Waals surface area contributed by atoms with Crippen LogP contribution in [0.15, 0.2) is 16.5 Å². The summed E-state index contributed by atoms with van der Waals surface area (Å²) < 4.78 is 11.1. The molecule has 0 N–H and O–H groups in total. The van der Waals surface area contributed by atoms with E-state index in [0.29, 0.717) is 13.2 Å². The highest BCUT2D eigenvalue weighted by molar-refractivity contribution is 5.78. The van der Waals surface area contributed by atoms with Crippen molar-refractivity contribution in [3.05, 3.63) is 23.7 Å². The Balaban J connectivity index is 2.03. The second kappa shape index (κ2) is 7.09. The maximum atomic E-state index is 12.2. The first-order chi connectivity index (χ1) is 10.0. The summed E-state index contributed by atoms with van der Waals surface area (Å²) in [7, 11) is 4.10. The van der Waals surface area contributed by atoms with Crippen LogP contribution in [-0.4, -0.2) is 62.1 Å². The van der Waals surface area contributed by atoms with E-state index in [1.54, 1.807) is 0 Å². The number of likely N-dealkylation sites (N-methyl/N-ethyl adjacent to an activating group) is 1. The summed E-state index contributed by atoms with van der Waals surface area (Å²) in [5, 5.41) is 0. The van der Waals surface area contributed by atoms with Gasteiger partial charge < -0.3 is 19.0 Å². The zero-order valence-corrected chi connectivity index (χ0v) is 13.5. The van der Waals surface area contributed by atoms with Crippen molar-refractivity contribution in [2.45, 2.75) is 32.2 Å². The van der Waals surface area contributed by atoms with Crippen LogP contribution < -0.4 is 0 Å². The van der Waals surface area contributed by atoms with E-state index in [-0.39, 0.29) is 24.5 Å². The molecule has 2 rings (SSSR count). The highest BCUT2D eigenvalue weighted by Gasteiger charge is 2.38. The van der Waals surface area contributed by atoms with Gasteiger partial charge in [0.15, 0.2) is 0 Å². The van der Waals surface area contributed by atoms with E-state index < -0.39 is 0 Å². The highest BCUT2D eigenvalue weighted by Crippen LogP contribution is 2.31. The molecule has 2 heterocycles. The number of furan rings is 1. The van der Waals surface area contributed by atoms with Crippen molar-refractivity contribution in [3.63, 3.8) is 0 Å². The Labute approximate surface area is 126 Å². The normalized spacial score (nSPS) is 22.2. The number of carbonyl (C=O) groups excluding carboxylic acids is 1. The Hall–Kier alpha value is -1.33. The Kier molecular flexibility index (Phi) is 5.42. The molecule has 1 aromatic heterocycles. The lowest BCUT2D eigenvalue weighted by molar-refractivity contribution is -0.135. The molecule has 118 valence electrons. The lowest BCUT2D eigenvalue weighted by Crippen LogP contribution is -2.37. The van der Waals surface area contributed by atoms with Gasteiger partial charge in [0, 0.05) is 25.7 Å². The summed E-state index contributed by atoms with van der Waals surface area (Å²) in [6.45, 7) is 6.23. The number of rotatable bonds is 6. The summed E-state index contributed by atoms with van der Waals surface area (Å²) in [6.07, 6.45) is 0.932. The van der Waals surface area contributed by atoms with Crippen LogP contribution in [0.4, 0.5) is 0 Å². The van der Waals surface area contributed by atoms with E-state index in [9.17, 15) is 4.79 Å². The van der Waals surface area contributed by atoms with Crippen molar-refractivity contribution >= 4 is 5.91 Å². The number of ether oxygens (including phenoxy) is 1. The molecule has 0 saturated carbocycles. The van der Waals surface area contributed by atoms with E-state index in [2.05, 4.69) is 19.0 Å². The Morgan fingerprint density at radius 1 is 1.43 bits per heavy atom. The lowest BCUT2D eigenvalue weighted by atomic mass is 10.0. The predicted molar refractivity (Wildman–Crippen MR) is 81.4 cm³/mol. The van der Waals surface area contributed by atoms with Gasteiger partial charge >= 0.3 is 0 Å². The third-order valence-electron chi connectivity index (χ3n) is 4.01. The summed E-state index contributed by atoms with van der Waals surface area (Å²) in [5.41, 5.74) is 0. The third-order valence-corrected chi connectivity index (χ3v) is 4.01. The molecule has 0 aromatic carbocycles. The molecule has 1 aliphatic rings. The molecule has 5 nitrogen and oxygen atoms in total. The molecule has 0 spiro atoms. The molecule has 0 aliphatic carbocycles. The van der Waals surface area contributed by atoms with E-state index in [0.717, 1.165) is 24.5 Å². The van der Waals surface area contributed by atoms with Gasteiger partial charge in [0.25, 0.3) is 0 Å². The first-order valence-corrected chi connectivity index (χ1v) is 7.61. The quantitative estimate of drug-likeness (QED) is 0.752. The van der Waals surface area contributed by atoms with Gasteiger partial charge in [-0.15, -0.1) is 0 Å². The van der Waals surface area contributed by atoms with Gasteiger partial charge in [-0.2, -0.15) is 0 Å². The van der Waals surface area contributed by atoms with Crippen molar-refractivity contribution in [1.82, 2.24) is 9.80 Å². The Bertz CT molecular complexity index is 470. The second-order valence-corrected chi connectivity index (χ2v) is 5.94. The Morgan fingerprint density at radius 2 is 2.19 bits per heavy atom. The second-order valence-electron chi connectivity index (χ2n) is 5.94. The molecule has 1 amide bonds. The van der Waals surface area contributed by atoms with Gasteiger partial charge in [-0.1, -0.05) is 6.92 Å². The van der Waals surface area contributed by atoms with Crippen LogP contribution in [-0.2, 0) is 9.53 Å². The number of hydrogen-bond donors (Lipinski definition) is 0. The minimum Gasteiger partial charge on any atom is -0.466 e. The number of aryl methyl sites for hydroxylation is 1. The van der Waals surface area contributed by atoms with Crippen LogP contribution in [0.3, 0.4) is 0 Å². The first kappa shape index (κ1) is 16.0. The van der Waals surface area contributed by atoms with E-state index >= 15 is 0 Å². The first-order valence-electron chi connectivity index (χ1n) is 7.61. The number of carbonyl (C=O) groups is 1. The summed E-state index contributed by atoms with van der Waals surface area (Å²) in [6, 6.07) is 4.29. The minimum atomic E-state index is 0.0704. The summed E-state index contributed by atoms with van der Waals surface area (Å²) in [5.74, 6) is 2.18. The fourth-order valence-corrected chi connectivity index (χ4v) is 2.84. The molecule has 1 aromatic rings. The van der Waals surface area contributed by atoms with E-state index in [1.165, 1.54) is 0 Å². The molecule has 0 radical (unpaired) electrons. The molecule has 1 fully saturated rings. The molecule has 2 atom stereocenters. The largest absolute Gasteiger partial charge is 0.466 e. The van der Waals surface area contributed by atoms with Crippen LogP contribution in [0.5, 0.6) is 0 Å². The summed E-state index contributed by atoms with van der Waals surface area (Å²) >= 11 is 0. The van der Waals surface area contributed by atoms with Gasteiger partial charge in [-0.3, -0.25) is 4.79 Å². The van der Waals surface area contributed by atoms with Crippen molar-refractivity contribution in [2.75, 3.05) is 40.4 Å². The van der Waals surface area contributed by atoms with Crippen LogP contribution in [0.1, 0.15) is 30.8 Å². The summed E-state index contributed by atoms with van der Waals surface area (Å²) in [4.78, 5) is 16.3. The molecule has 1 aliphatic heterocycles. The zero-order valence-electron chi connectivity index (χ0n) is 13.5. The standard InChI is InChI=1S/C16H26N2O3/c1-5-8-20-11-16(19)18-9-13(14(10-18)17(3)4)15-7-6-12(2)21-15/h6-7,13-14H,5,8-11H2,1-4H3/t13-,14-/m0/s1. The number of likely N-dealkylation sites (tertiary alicyclic amines) is 1. The topological polar surface area (TPSA) is 45.9 Å². The molecular formula is C16H26N2O3. The number of nitrogens with zero attached hydrogens (tertiary/aromatic N) is 2. The van der Waals surface area contributed by atoms with Gasteiger partial charge in [-0.05, 0) is 39.6 Å². The average molecular weight is 294 g/mol.